The Kier molecular flexibility index (Phi) is 6.45. The number of carbonyl (C=O) groups excluding carboxylic acids is 2. The fourth-order valence-corrected chi connectivity index (χ4v) is 4.33. The number of aromatic nitrogens is 3. The summed E-state index contributed by atoms with van der Waals surface area (Å²) >= 11 is 3.30. The van der Waals surface area contributed by atoms with Crippen LogP contribution in [0.25, 0.3) is 5.76 Å². The van der Waals surface area contributed by atoms with Crippen molar-refractivity contribution >= 4 is 33.4 Å². The van der Waals surface area contributed by atoms with Crippen molar-refractivity contribution in [2.24, 2.45) is 0 Å². The minimum atomic E-state index is -0.869. The summed E-state index contributed by atoms with van der Waals surface area (Å²) in [6.45, 7) is 0.865. The standard InChI is InChI=1S/C23H21BrN4O5/c1-33-17-12-15(11-16(24)21(17)30)19-18(20(29)14-3-5-25-6-4-14)22(31)23(32)28(19)9-2-8-27-10-7-26-13-27/h3-7,10-13,19,29-30H,2,8-9H2,1H3/b20-18+. The molecule has 0 aliphatic carbocycles. The first-order chi connectivity index (χ1) is 15.9. The van der Waals surface area contributed by atoms with Gasteiger partial charge in [-0.2, -0.15) is 0 Å². The highest BCUT2D eigenvalue weighted by Crippen LogP contribution is 2.44. The molecule has 2 N–H and O–H groups in total. The van der Waals surface area contributed by atoms with Gasteiger partial charge in [0.2, 0.25) is 0 Å². The molecule has 1 aromatic carbocycles. The molecular formula is C23H21BrN4O5. The lowest BCUT2D eigenvalue weighted by molar-refractivity contribution is -0.139. The number of nitrogens with zero attached hydrogens (tertiary/aromatic N) is 4. The largest absolute Gasteiger partial charge is 0.507 e. The Bertz CT molecular complexity index is 1210. The molecule has 9 nitrogen and oxygen atoms in total. The lowest BCUT2D eigenvalue weighted by Crippen LogP contribution is -2.31. The molecule has 10 heteroatoms. The van der Waals surface area contributed by atoms with Gasteiger partial charge in [-0.3, -0.25) is 14.6 Å². The monoisotopic (exact) mass is 512 g/mol. The number of halogens is 1. The van der Waals surface area contributed by atoms with E-state index in [1.54, 1.807) is 36.8 Å². The molecule has 1 fully saturated rings. The molecule has 3 heterocycles. The number of aryl methyl sites for hydroxylation is 1. The molecule has 2 aromatic heterocycles. The normalized spacial score (nSPS) is 17.5. The first-order valence-electron chi connectivity index (χ1n) is 10.1. The van der Waals surface area contributed by atoms with Gasteiger partial charge in [0.1, 0.15) is 5.76 Å². The van der Waals surface area contributed by atoms with Gasteiger partial charge < -0.3 is 24.4 Å². The third-order valence-corrected chi connectivity index (χ3v) is 6.06. The second kappa shape index (κ2) is 9.45. The Morgan fingerprint density at radius 3 is 2.58 bits per heavy atom. The number of methoxy groups -OCH3 is 1. The summed E-state index contributed by atoms with van der Waals surface area (Å²) < 4.78 is 7.48. The summed E-state index contributed by atoms with van der Waals surface area (Å²) in [5.74, 6) is -1.70. The fourth-order valence-electron chi connectivity index (χ4n) is 3.87. The summed E-state index contributed by atoms with van der Waals surface area (Å²) in [5, 5.41) is 21.3. The molecule has 33 heavy (non-hydrogen) atoms. The zero-order valence-corrected chi connectivity index (χ0v) is 19.3. The van der Waals surface area contributed by atoms with Gasteiger partial charge in [-0.25, -0.2) is 4.98 Å². The van der Waals surface area contributed by atoms with E-state index in [0.29, 0.717) is 28.6 Å². The number of ketones is 1. The Morgan fingerprint density at radius 1 is 1.15 bits per heavy atom. The number of pyridine rings is 1. The number of Topliss-reactive ketones (excluding diaryl/α,β-unsaturated/α-hetero) is 1. The van der Waals surface area contributed by atoms with Crippen LogP contribution in [0.5, 0.6) is 11.5 Å². The van der Waals surface area contributed by atoms with Crippen molar-refractivity contribution in [3.8, 4) is 11.5 Å². The lowest BCUT2D eigenvalue weighted by Gasteiger charge is -2.26. The number of hydrogen-bond donors (Lipinski definition) is 2. The van der Waals surface area contributed by atoms with Crippen LogP contribution in [-0.2, 0) is 16.1 Å². The van der Waals surface area contributed by atoms with E-state index >= 15 is 0 Å². The van der Waals surface area contributed by atoms with Crippen LogP contribution in [0.2, 0.25) is 0 Å². The van der Waals surface area contributed by atoms with E-state index in [1.165, 1.54) is 24.4 Å². The fraction of sp³-hybridized carbons (Fsp3) is 0.217. The molecule has 1 aliphatic rings. The highest BCUT2D eigenvalue weighted by molar-refractivity contribution is 9.10. The van der Waals surface area contributed by atoms with Crippen LogP contribution in [0.3, 0.4) is 0 Å². The van der Waals surface area contributed by atoms with Crippen molar-refractivity contribution in [2.75, 3.05) is 13.7 Å². The molecular weight excluding hydrogens is 492 g/mol. The number of hydrogen-bond acceptors (Lipinski definition) is 7. The molecule has 0 radical (unpaired) electrons. The van der Waals surface area contributed by atoms with E-state index < -0.39 is 17.7 Å². The van der Waals surface area contributed by atoms with Gasteiger partial charge in [0.05, 0.1) is 29.5 Å². The number of carbonyl (C=O) groups is 2. The second-order valence-corrected chi connectivity index (χ2v) is 8.29. The van der Waals surface area contributed by atoms with Crippen LogP contribution in [-0.4, -0.2) is 55.0 Å². The van der Waals surface area contributed by atoms with Crippen LogP contribution in [0.4, 0.5) is 0 Å². The highest BCUT2D eigenvalue weighted by Gasteiger charge is 2.46. The predicted molar refractivity (Wildman–Crippen MR) is 122 cm³/mol. The van der Waals surface area contributed by atoms with E-state index in [2.05, 4.69) is 25.9 Å². The number of rotatable bonds is 7. The summed E-state index contributed by atoms with van der Waals surface area (Å²) in [4.78, 5) is 35.5. The lowest BCUT2D eigenvalue weighted by atomic mass is 9.95. The van der Waals surface area contributed by atoms with Crippen LogP contribution in [0.1, 0.15) is 23.6 Å². The SMILES string of the molecule is COc1cc(C2/C(=C(\O)c3ccncc3)C(=O)C(=O)N2CCCn2ccnc2)cc(Br)c1O. The summed E-state index contributed by atoms with van der Waals surface area (Å²) in [6, 6.07) is 5.42. The zero-order chi connectivity index (χ0) is 23.5. The van der Waals surface area contributed by atoms with Crippen LogP contribution >= 0.6 is 15.9 Å². The first kappa shape index (κ1) is 22.5. The summed E-state index contributed by atoms with van der Waals surface area (Å²) in [5.41, 5.74) is 0.846. The molecule has 1 atom stereocenters. The molecule has 1 unspecified atom stereocenters. The van der Waals surface area contributed by atoms with Crippen molar-refractivity contribution in [1.29, 1.82) is 0 Å². The van der Waals surface area contributed by atoms with Gasteiger partial charge >= 0.3 is 0 Å². The molecule has 0 spiro atoms. The van der Waals surface area contributed by atoms with Gasteiger partial charge in [-0.15, -0.1) is 0 Å². The van der Waals surface area contributed by atoms with Gasteiger partial charge in [-0.05, 0) is 52.2 Å². The highest BCUT2D eigenvalue weighted by atomic mass is 79.9. The number of likely N-dealkylation sites (tertiary alicyclic amines) is 1. The molecule has 170 valence electrons. The third kappa shape index (κ3) is 4.34. The maximum absolute atomic E-state index is 13.1. The van der Waals surface area contributed by atoms with Crippen LogP contribution in [0, 0.1) is 0 Å². The number of phenolic OH excluding ortho intramolecular Hbond substituents is 1. The molecule has 1 saturated heterocycles. The predicted octanol–water partition coefficient (Wildman–Crippen LogP) is 3.27. The maximum atomic E-state index is 13.1. The smallest absolute Gasteiger partial charge is 0.295 e. The molecule has 0 bridgehead atoms. The molecule has 1 amide bonds. The van der Waals surface area contributed by atoms with E-state index in [4.69, 9.17) is 4.74 Å². The van der Waals surface area contributed by atoms with E-state index in [-0.39, 0.29) is 29.4 Å². The summed E-state index contributed by atoms with van der Waals surface area (Å²) in [6.07, 6.45) is 8.71. The number of phenols is 1. The maximum Gasteiger partial charge on any atom is 0.295 e. The van der Waals surface area contributed by atoms with Crippen molar-refractivity contribution in [3.05, 3.63) is 76.6 Å². The number of aliphatic hydroxyl groups excluding tert-OH is 1. The summed E-state index contributed by atoms with van der Waals surface area (Å²) in [7, 11) is 1.41. The number of aliphatic hydroxyl groups is 1. The Morgan fingerprint density at radius 2 is 1.91 bits per heavy atom. The Hall–Kier alpha value is -3.66. The average Bonchev–Trinajstić information content (AvgIpc) is 3.43. The Labute approximate surface area is 198 Å². The van der Waals surface area contributed by atoms with Gasteiger partial charge in [0, 0.05) is 43.4 Å². The first-order valence-corrected chi connectivity index (χ1v) is 10.9. The number of benzene rings is 1. The van der Waals surface area contributed by atoms with Crippen LogP contribution in [0.15, 0.2) is 65.4 Å². The average molecular weight is 513 g/mol. The van der Waals surface area contributed by atoms with Crippen molar-refractivity contribution in [3.63, 3.8) is 0 Å². The van der Waals surface area contributed by atoms with Crippen LogP contribution < -0.4 is 4.74 Å². The van der Waals surface area contributed by atoms with E-state index in [9.17, 15) is 19.8 Å². The van der Waals surface area contributed by atoms with E-state index in [0.717, 1.165) is 0 Å². The molecule has 1 aliphatic heterocycles. The number of aromatic hydroxyl groups is 1. The topological polar surface area (TPSA) is 118 Å². The number of imidazole rings is 1. The Balaban J connectivity index is 1.79. The third-order valence-electron chi connectivity index (χ3n) is 5.45. The van der Waals surface area contributed by atoms with Crippen molar-refractivity contribution in [2.45, 2.75) is 19.0 Å². The van der Waals surface area contributed by atoms with Gasteiger partial charge in [0.25, 0.3) is 11.7 Å². The molecule has 3 aromatic rings. The number of amides is 1. The minimum absolute atomic E-state index is 0.0338. The van der Waals surface area contributed by atoms with Gasteiger partial charge in [-0.1, -0.05) is 0 Å². The minimum Gasteiger partial charge on any atom is -0.507 e. The van der Waals surface area contributed by atoms with Gasteiger partial charge in [0.15, 0.2) is 11.5 Å². The quantitative estimate of drug-likeness (QED) is 0.283. The second-order valence-electron chi connectivity index (χ2n) is 7.44. The van der Waals surface area contributed by atoms with E-state index in [1.807, 2.05) is 10.8 Å². The van der Waals surface area contributed by atoms with Crippen molar-refractivity contribution in [1.82, 2.24) is 19.4 Å². The molecule has 0 saturated carbocycles. The van der Waals surface area contributed by atoms with Crippen molar-refractivity contribution < 1.29 is 24.5 Å². The molecule has 4 rings (SSSR count). The number of ether oxygens (including phenoxy) is 1. The zero-order valence-electron chi connectivity index (χ0n) is 17.7.